The average Bonchev–Trinajstić information content (AvgIpc) is 3.19. The summed E-state index contributed by atoms with van der Waals surface area (Å²) in [6.07, 6.45) is 2.91. The fraction of sp³-hybridized carbons (Fsp3) is 0.333. The lowest BCUT2D eigenvalue weighted by molar-refractivity contribution is -0.122. The maximum absolute atomic E-state index is 12.4. The maximum Gasteiger partial charge on any atom is 0.255 e. The van der Waals surface area contributed by atoms with Crippen molar-refractivity contribution in [1.82, 2.24) is 19.7 Å². The smallest absolute Gasteiger partial charge is 0.255 e. The minimum atomic E-state index is -0.211. The molecule has 0 bridgehead atoms. The minimum absolute atomic E-state index is 0.0127. The second-order valence-electron chi connectivity index (χ2n) is 6.52. The highest BCUT2D eigenvalue weighted by molar-refractivity contribution is 7.13. The van der Waals surface area contributed by atoms with Crippen LogP contribution < -0.4 is 10.9 Å². The molecule has 4 rings (SSSR count). The number of amides is 1. The molecule has 3 aromatic rings. The molecule has 7 nitrogen and oxygen atoms in total. The molecule has 0 spiro atoms. The number of aromatic nitrogens is 4. The third kappa shape index (κ3) is 2.96. The molecule has 1 aliphatic carbocycles. The number of anilines is 1. The van der Waals surface area contributed by atoms with Crippen molar-refractivity contribution in [2.75, 3.05) is 5.32 Å². The van der Waals surface area contributed by atoms with Crippen molar-refractivity contribution in [2.24, 2.45) is 5.92 Å². The van der Waals surface area contributed by atoms with Crippen LogP contribution in [0.5, 0.6) is 0 Å². The standard InChI is InChI=1S/C18H19N5O2S/c1-10-11(2)19-18(21-16(10)24)23-15(20-17(25)12-5-3-6-12)9-13(22-23)14-7-4-8-26-14/h4,7-9,12H,3,5-6H2,1-2H3,(H,20,25)(H,19,21,24). The van der Waals surface area contributed by atoms with E-state index in [1.807, 2.05) is 23.6 Å². The number of rotatable bonds is 4. The predicted octanol–water partition coefficient (Wildman–Crippen LogP) is 3.04. The van der Waals surface area contributed by atoms with Crippen molar-refractivity contribution in [3.8, 4) is 16.5 Å². The Balaban J connectivity index is 1.78. The third-order valence-corrected chi connectivity index (χ3v) is 5.69. The van der Waals surface area contributed by atoms with Crippen LogP contribution in [0.3, 0.4) is 0 Å². The molecule has 0 atom stereocenters. The summed E-state index contributed by atoms with van der Waals surface area (Å²) in [6, 6.07) is 5.73. The van der Waals surface area contributed by atoms with Gasteiger partial charge in [0, 0.05) is 23.2 Å². The second kappa shape index (κ2) is 6.53. The number of nitrogens with zero attached hydrogens (tertiary/aromatic N) is 3. The van der Waals surface area contributed by atoms with Gasteiger partial charge in [0.2, 0.25) is 11.9 Å². The van der Waals surface area contributed by atoms with Crippen molar-refractivity contribution in [2.45, 2.75) is 33.1 Å². The van der Waals surface area contributed by atoms with Gasteiger partial charge in [-0.05, 0) is 38.1 Å². The van der Waals surface area contributed by atoms with Gasteiger partial charge in [0.1, 0.15) is 11.5 Å². The van der Waals surface area contributed by atoms with E-state index in [1.165, 1.54) is 4.68 Å². The first-order chi connectivity index (χ1) is 12.5. The van der Waals surface area contributed by atoms with Crippen molar-refractivity contribution < 1.29 is 4.79 Å². The summed E-state index contributed by atoms with van der Waals surface area (Å²) >= 11 is 1.56. The number of thiophene rings is 1. The highest BCUT2D eigenvalue weighted by atomic mass is 32.1. The zero-order valence-electron chi connectivity index (χ0n) is 14.6. The molecule has 0 saturated heterocycles. The van der Waals surface area contributed by atoms with Gasteiger partial charge in [-0.1, -0.05) is 12.5 Å². The number of hydrogen-bond donors (Lipinski definition) is 2. The fourth-order valence-electron chi connectivity index (χ4n) is 2.81. The lowest BCUT2D eigenvalue weighted by Gasteiger charge is -2.24. The van der Waals surface area contributed by atoms with E-state index in [2.05, 4.69) is 20.4 Å². The molecule has 2 N–H and O–H groups in total. The third-order valence-electron chi connectivity index (χ3n) is 4.79. The first-order valence-corrected chi connectivity index (χ1v) is 9.43. The van der Waals surface area contributed by atoms with Gasteiger partial charge in [-0.2, -0.15) is 9.78 Å². The summed E-state index contributed by atoms with van der Waals surface area (Å²) in [4.78, 5) is 32.7. The number of aromatic amines is 1. The Kier molecular flexibility index (Phi) is 4.20. The van der Waals surface area contributed by atoms with Crippen LogP contribution in [-0.4, -0.2) is 25.7 Å². The molecule has 8 heteroatoms. The number of nitrogens with one attached hydrogen (secondary N) is 2. The quantitative estimate of drug-likeness (QED) is 0.739. The van der Waals surface area contributed by atoms with Gasteiger partial charge >= 0.3 is 0 Å². The SMILES string of the molecule is Cc1nc(-n2nc(-c3cccs3)cc2NC(=O)C2CCC2)[nH]c(=O)c1C. The van der Waals surface area contributed by atoms with E-state index in [4.69, 9.17) is 0 Å². The number of carbonyl (C=O) groups is 1. The molecule has 3 heterocycles. The Bertz CT molecular complexity index is 1010. The second-order valence-corrected chi connectivity index (χ2v) is 7.47. The zero-order valence-corrected chi connectivity index (χ0v) is 15.4. The molecule has 0 radical (unpaired) electrons. The molecule has 1 aliphatic rings. The molecule has 1 fully saturated rings. The number of hydrogen-bond acceptors (Lipinski definition) is 5. The van der Waals surface area contributed by atoms with E-state index in [1.54, 1.807) is 25.2 Å². The molecule has 1 saturated carbocycles. The van der Waals surface area contributed by atoms with Crippen LogP contribution in [0.15, 0.2) is 28.4 Å². The average molecular weight is 369 g/mol. The molecule has 0 aliphatic heterocycles. The van der Waals surface area contributed by atoms with Crippen LogP contribution in [0.2, 0.25) is 0 Å². The largest absolute Gasteiger partial charge is 0.310 e. The highest BCUT2D eigenvalue weighted by Crippen LogP contribution is 2.30. The van der Waals surface area contributed by atoms with Crippen LogP contribution in [0.25, 0.3) is 16.5 Å². The first-order valence-electron chi connectivity index (χ1n) is 8.55. The van der Waals surface area contributed by atoms with Crippen LogP contribution in [0.4, 0.5) is 5.82 Å². The normalized spacial score (nSPS) is 14.2. The molecule has 134 valence electrons. The fourth-order valence-corrected chi connectivity index (χ4v) is 3.49. The predicted molar refractivity (Wildman–Crippen MR) is 101 cm³/mol. The van der Waals surface area contributed by atoms with E-state index < -0.39 is 0 Å². The molecule has 0 aromatic carbocycles. The molecule has 0 unspecified atom stereocenters. The molecular weight excluding hydrogens is 350 g/mol. The summed E-state index contributed by atoms with van der Waals surface area (Å²) in [5, 5.41) is 9.49. The van der Waals surface area contributed by atoms with E-state index in [0.717, 1.165) is 29.8 Å². The number of aryl methyl sites for hydroxylation is 1. The van der Waals surface area contributed by atoms with Crippen molar-refractivity contribution in [1.29, 1.82) is 0 Å². The Hall–Kier alpha value is -2.74. The summed E-state index contributed by atoms with van der Waals surface area (Å²) in [7, 11) is 0. The lowest BCUT2D eigenvalue weighted by Crippen LogP contribution is -2.29. The van der Waals surface area contributed by atoms with E-state index in [0.29, 0.717) is 23.0 Å². The Labute approximate surface area is 154 Å². The van der Waals surface area contributed by atoms with Crippen molar-refractivity contribution in [3.05, 3.63) is 45.2 Å². The topological polar surface area (TPSA) is 92.7 Å². The van der Waals surface area contributed by atoms with Gasteiger partial charge in [-0.25, -0.2) is 4.98 Å². The van der Waals surface area contributed by atoms with Crippen molar-refractivity contribution >= 4 is 23.1 Å². The van der Waals surface area contributed by atoms with Crippen LogP contribution in [0.1, 0.15) is 30.5 Å². The Morgan fingerprint density at radius 3 is 2.81 bits per heavy atom. The van der Waals surface area contributed by atoms with E-state index in [-0.39, 0.29) is 17.4 Å². The summed E-state index contributed by atoms with van der Waals surface area (Å²) in [5.41, 5.74) is 1.72. The zero-order chi connectivity index (χ0) is 18.3. The molecule has 1 amide bonds. The summed E-state index contributed by atoms with van der Waals surface area (Å²) < 4.78 is 1.50. The van der Waals surface area contributed by atoms with E-state index >= 15 is 0 Å². The minimum Gasteiger partial charge on any atom is -0.310 e. The van der Waals surface area contributed by atoms with Gasteiger partial charge in [0.05, 0.1) is 4.88 Å². The number of carbonyl (C=O) groups excluding carboxylic acids is 1. The lowest BCUT2D eigenvalue weighted by atomic mass is 9.85. The van der Waals surface area contributed by atoms with Crippen LogP contribution in [0, 0.1) is 19.8 Å². The first kappa shape index (κ1) is 16.7. The highest BCUT2D eigenvalue weighted by Gasteiger charge is 2.27. The van der Waals surface area contributed by atoms with Gasteiger partial charge in [0.15, 0.2) is 0 Å². The molecule has 3 aromatic heterocycles. The summed E-state index contributed by atoms with van der Waals surface area (Å²) in [6.45, 7) is 3.51. The molecule has 26 heavy (non-hydrogen) atoms. The van der Waals surface area contributed by atoms with Crippen LogP contribution >= 0.6 is 11.3 Å². The van der Waals surface area contributed by atoms with Gasteiger partial charge < -0.3 is 5.32 Å². The van der Waals surface area contributed by atoms with Gasteiger partial charge in [-0.15, -0.1) is 11.3 Å². The maximum atomic E-state index is 12.4. The van der Waals surface area contributed by atoms with Gasteiger partial charge in [0.25, 0.3) is 5.56 Å². The van der Waals surface area contributed by atoms with Crippen molar-refractivity contribution in [3.63, 3.8) is 0 Å². The summed E-state index contributed by atoms with van der Waals surface area (Å²) in [5.74, 6) is 0.845. The van der Waals surface area contributed by atoms with Gasteiger partial charge in [-0.3, -0.25) is 14.6 Å². The molecular formula is C18H19N5O2S. The monoisotopic (exact) mass is 369 g/mol. The Morgan fingerprint density at radius 1 is 1.38 bits per heavy atom. The van der Waals surface area contributed by atoms with Crippen LogP contribution in [-0.2, 0) is 4.79 Å². The van der Waals surface area contributed by atoms with E-state index in [9.17, 15) is 9.59 Å². The number of H-pyrrole nitrogens is 1. The Morgan fingerprint density at radius 2 is 2.19 bits per heavy atom.